The van der Waals surface area contributed by atoms with Gasteiger partial charge in [-0.05, 0) is 32.2 Å². The number of likely N-dealkylation sites (N-methyl/N-ethyl adjacent to an activating group) is 1. The summed E-state index contributed by atoms with van der Waals surface area (Å²) in [5.74, 6) is 1.19. The molecular weight excluding hydrogens is 272 g/mol. The van der Waals surface area contributed by atoms with Crippen LogP contribution in [0, 0.1) is 0 Å². The van der Waals surface area contributed by atoms with E-state index in [4.69, 9.17) is 14.2 Å². The molecule has 0 bridgehead atoms. The van der Waals surface area contributed by atoms with Gasteiger partial charge >= 0.3 is 0 Å². The maximum absolute atomic E-state index is 12.4. The van der Waals surface area contributed by atoms with E-state index in [0.29, 0.717) is 23.7 Å². The molecule has 21 heavy (non-hydrogen) atoms. The topological polar surface area (TPSA) is 60.0 Å². The van der Waals surface area contributed by atoms with Gasteiger partial charge in [-0.15, -0.1) is 0 Å². The van der Waals surface area contributed by atoms with Crippen molar-refractivity contribution in [1.82, 2.24) is 10.2 Å². The van der Waals surface area contributed by atoms with Crippen LogP contribution in [0.4, 0.5) is 0 Å². The molecule has 114 valence electrons. The third-order valence-corrected chi connectivity index (χ3v) is 3.78. The molecule has 6 nitrogen and oxygen atoms in total. The molecule has 0 aliphatic carbocycles. The lowest BCUT2D eigenvalue weighted by molar-refractivity contribution is 0.0513. The summed E-state index contributed by atoms with van der Waals surface area (Å²) in [6.45, 7) is 4.45. The highest BCUT2D eigenvalue weighted by Crippen LogP contribution is 2.32. The molecule has 1 saturated heterocycles. The van der Waals surface area contributed by atoms with Gasteiger partial charge in [-0.2, -0.15) is 0 Å². The fraction of sp³-hybridized carbons (Fsp3) is 0.533. The summed E-state index contributed by atoms with van der Waals surface area (Å²) in [6, 6.07) is 5.23. The van der Waals surface area contributed by atoms with Crippen LogP contribution < -0.4 is 14.8 Å². The van der Waals surface area contributed by atoms with Gasteiger partial charge in [-0.25, -0.2) is 0 Å². The van der Waals surface area contributed by atoms with Crippen LogP contribution in [0.1, 0.15) is 17.3 Å². The first kappa shape index (κ1) is 14.2. The molecule has 1 fully saturated rings. The van der Waals surface area contributed by atoms with E-state index in [1.54, 1.807) is 18.2 Å². The Labute approximate surface area is 124 Å². The van der Waals surface area contributed by atoms with Crippen molar-refractivity contribution in [2.24, 2.45) is 0 Å². The zero-order chi connectivity index (χ0) is 14.8. The number of hydrogen-bond donors (Lipinski definition) is 1. The first-order chi connectivity index (χ1) is 10.2. The normalized spacial score (nSPS) is 24.3. The number of likely N-dealkylation sites (tertiary alicyclic amines) is 1. The van der Waals surface area contributed by atoms with Crippen molar-refractivity contribution >= 4 is 5.91 Å². The Kier molecular flexibility index (Phi) is 3.98. The van der Waals surface area contributed by atoms with E-state index in [-0.39, 0.29) is 24.8 Å². The molecular formula is C15H20N2O4. The summed E-state index contributed by atoms with van der Waals surface area (Å²) < 4.78 is 16.2. The molecule has 1 N–H and O–H groups in total. The van der Waals surface area contributed by atoms with Crippen LogP contribution in [0.15, 0.2) is 18.2 Å². The standard InChI is InChI=1S/C15H20N2O4/c1-3-19-14-8-17(2)7-11(14)16-15(18)10-4-5-12-13(6-10)21-9-20-12/h4-6,11,14H,3,7-9H2,1-2H3,(H,16,18)/t11-,14-/m1/s1. The minimum Gasteiger partial charge on any atom is -0.454 e. The largest absolute Gasteiger partial charge is 0.454 e. The van der Waals surface area contributed by atoms with E-state index >= 15 is 0 Å². The fourth-order valence-electron chi connectivity index (χ4n) is 2.77. The molecule has 2 aliphatic heterocycles. The highest BCUT2D eigenvalue weighted by Gasteiger charge is 2.32. The number of rotatable bonds is 4. The molecule has 0 unspecified atom stereocenters. The zero-order valence-electron chi connectivity index (χ0n) is 12.3. The molecule has 2 atom stereocenters. The second-order valence-corrected chi connectivity index (χ2v) is 5.36. The predicted molar refractivity (Wildman–Crippen MR) is 76.7 cm³/mol. The minimum absolute atomic E-state index is 0.00729. The van der Waals surface area contributed by atoms with Crippen molar-refractivity contribution < 1.29 is 19.0 Å². The zero-order valence-corrected chi connectivity index (χ0v) is 12.3. The molecule has 3 rings (SSSR count). The van der Waals surface area contributed by atoms with Crippen molar-refractivity contribution in [1.29, 1.82) is 0 Å². The Morgan fingerprint density at radius 1 is 1.38 bits per heavy atom. The summed E-state index contributed by atoms with van der Waals surface area (Å²) in [4.78, 5) is 14.5. The first-order valence-corrected chi connectivity index (χ1v) is 7.18. The Bertz CT molecular complexity index is 534. The molecule has 1 amide bonds. The van der Waals surface area contributed by atoms with Crippen LogP contribution in [-0.4, -0.2) is 56.5 Å². The molecule has 0 spiro atoms. The molecule has 1 aromatic carbocycles. The van der Waals surface area contributed by atoms with Crippen LogP contribution in [-0.2, 0) is 4.74 Å². The minimum atomic E-state index is -0.113. The number of carbonyl (C=O) groups is 1. The van der Waals surface area contributed by atoms with Gasteiger partial charge in [0.2, 0.25) is 6.79 Å². The number of nitrogens with zero attached hydrogens (tertiary/aromatic N) is 1. The van der Waals surface area contributed by atoms with Crippen molar-refractivity contribution in [2.75, 3.05) is 33.5 Å². The van der Waals surface area contributed by atoms with Crippen LogP contribution in [0.25, 0.3) is 0 Å². The third kappa shape index (κ3) is 2.96. The Hall–Kier alpha value is -1.79. The van der Waals surface area contributed by atoms with Gasteiger partial charge in [0.25, 0.3) is 5.91 Å². The first-order valence-electron chi connectivity index (χ1n) is 7.18. The van der Waals surface area contributed by atoms with Crippen LogP contribution in [0.2, 0.25) is 0 Å². The summed E-state index contributed by atoms with van der Waals surface area (Å²) >= 11 is 0. The van der Waals surface area contributed by atoms with Gasteiger partial charge < -0.3 is 24.4 Å². The Morgan fingerprint density at radius 3 is 3.00 bits per heavy atom. The van der Waals surface area contributed by atoms with Crippen molar-refractivity contribution in [3.8, 4) is 11.5 Å². The second-order valence-electron chi connectivity index (χ2n) is 5.36. The number of fused-ring (bicyclic) bond motifs is 1. The van der Waals surface area contributed by atoms with E-state index in [9.17, 15) is 4.79 Å². The highest BCUT2D eigenvalue weighted by atomic mass is 16.7. The highest BCUT2D eigenvalue weighted by molar-refractivity contribution is 5.95. The van der Waals surface area contributed by atoms with E-state index in [0.717, 1.165) is 13.1 Å². The maximum atomic E-state index is 12.4. The average molecular weight is 292 g/mol. The molecule has 2 aliphatic rings. The van der Waals surface area contributed by atoms with Gasteiger partial charge in [0, 0.05) is 25.3 Å². The smallest absolute Gasteiger partial charge is 0.251 e. The van der Waals surface area contributed by atoms with Gasteiger partial charge in [0.1, 0.15) is 0 Å². The van der Waals surface area contributed by atoms with Crippen molar-refractivity contribution in [2.45, 2.75) is 19.1 Å². The molecule has 0 radical (unpaired) electrons. The van der Waals surface area contributed by atoms with E-state index < -0.39 is 0 Å². The molecule has 0 saturated carbocycles. The second kappa shape index (κ2) is 5.91. The van der Waals surface area contributed by atoms with Gasteiger partial charge in [-0.3, -0.25) is 4.79 Å². The number of nitrogens with one attached hydrogen (secondary N) is 1. The lowest BCUT2D eigenvalue weighted by atomic mass is 10.1. The monoisotopic (exact) mass is 292 g/mol. The average Bonchev–Trinajstić information content (AvgIpc) is 3.05. The van der Waals surface area contributed by atoms with Crippen LogP contribution in [0.5, 0.6) is 11.5 Å². The SMILES string of the molecule is CCO[C@@H]1CN(C)C[C@H]1NC(=O)c1ccc2c(c1)OCO2. The molecule has 6 heteroatoms. The fourth-order valence-corrected chi connectivity index (χ4v) is 2.77. The van der Waals surface area contributed by atoms with Gasteiger partial charge in [-0.1, -0.05) is 0 Å². The molecule has 2 heterocycles. The predicted octanol–water partition coefficient (Wildman–Crippen LogP) is 0.864. The number of hydrogen-bond acceptors (Lipinski definition) is 5. The van der Waals surface area contributed by atoms with Gasteiger partial charge in [0.15, 0.2) is 11.5 Å². The van der Waals surface area contributed by atoms with Gasteiger partial charge in [0.05, 0.1) is 12.1 Å². The molecule has 1 aromatic rings. The summed E-state index contributed by atoms with van der Waals surface area (Å²) in [5, 5.41) is 3.05. The lowest BCUT2D eigenvalue weighted by Gasteiger charge is -2.19. The van der Waals surface area contributed by atoms with Crippen LogP contribution >= 0.6 is 0 Å². The number of carbonyl (C=O) groups excluding carboxylic acids is 1. The summed E-state index contributed by atoms with van der Waals surface area (Å²) in [6.07, 6.45) is 0.0398. The summed E-state index contributed by atoms with van der Waals surface area (Å²) in [7, 11) is 2.03. The van der Waals surface area contributed by atoms with Crippen LogP contribution in [0.3, 0.4) is 0 Å². The van der Waals surface area contributed by atoms with E-state index in [2.05, 4.69) is 10.2 Å². The maximum Gasteiger partial charge on any atom is 0.251 e. The van der Waals surface area contributed by atoms with Crippen molar-refractivity contribution in [3.63, 3.8) is 0 Å². The lowest BCUT2D eigenvalue weighted by Crippen LogP contribution is -2.43. The molecule has 0 aromatic heterocycles. The van der Waals surface area contributed by atoms with E-state index in [1.165, 1.54) is 0 Å². The summed E-state index contributed by atoms with van der Waals surface area (Å²) in [5.41, 5.74) is 0.573. The Balaban J connectivity index is 1.68. The number of amides is 1. The number of ether oxygens (including phenoxy) is 3. The van der Waals surface area contributed by atoms with E-state index in [1.807, 2.05) is 14.0 Å². The Morgan fingerprint density at radius 2 is 2.19 bits per heavy atom. The van der Waals surface area contributed by atoms with Crippen molar-refractivity contribution in [3.05, 3.63) is 23.8 Å². The number of benzene rings is 1. The third-order valence-electron chi connectivity index (χ3n) is 3.78. The quantitative estimate of drug-likeness (QED) is 0.892.